The molecule has 0 aromatic heterocycles. The van der Waals surface area contributed by atoms with Crippen molar-refractivity contribution in [1.29, 1.82) is 0 Å². The highest BCUT2D eigenvalue weighted by molar-refractivity contribution is 5.99. The number of rotatable bonds is 3. The van der Waals surface area contributed by atoms with Crippen LogP contribution >= 0.6 is 0 Å². The smallest absolute Gasteiger partial charge is 0.313 e. The maximum absolute atomic E-state index is 11.8. The van der Waals surface area contributed by atoms with Gasteiger partial charge in [-0.1, -0.05) is 52.7 Å². The lowest BCUT2D eigenvalue weighted by molar-refractivity contribution is 0.0516. The van der Waals surface area contributed by atoms with E-state index in [1.807, 2.05) is 57.2 Å². The lowest BCUT2D eigenvalue weighted by Gasteiger charge is -2.02. The Hall–Kier alpha value is -2.42. The van der Waals surface area contributed by atoms with Crippen molar-refractivity contribution in [2.45, 2.75) is 20.8 Å². The lowest BCUT2D eigenvalue weighted by atomic mass is 10.1. The summed E-state index contributed by atoms with van der Waals surface area (Å²) in [5.74, 6) is -0.448. The Morgan fingerprint density at radius 1 is 0.850 bits per heavy atom. The zero-order valence-electron chi connectivity index (χ0n) is 11.9. The lowest BCUT2D eigenvalue weighted by Crippen LogP contribution is -2.04. The van der Waals surface area contributed by atoms with Crippen molar-refractivity contribution in [2.24, 2.45) is 5.16 Å². The van der Waals surface area contributed by atoms with Crippen LogP contribution < -0.4 is 0 Å². The molecular formula is C17H17NO2. The van der Waals surface area contributed by atoms with Crippen molar-refractivity contribution in [2.75, 3.05) is 0 Å². The molecule has 0 unspecified atom stereocenters. The molecule has 0 fully saturated rings. The first-order valence-electron chi connectivity index (χ1n) is 6.46. The third-order valence-corrected chi connectivity index (χ3v) is 3.02. The van der Waals surface area contributed by atoms with Crippen LogP contribution in [0.25, 0.3) is 0 Å². The fourth-order valence-corrected chi connectivity index (χ4v) is 1.70. The number of hydrogen-bond acceptors (Lipinski definition) is 3. The molecule has 0 aliphatic heterocycles. The molecule has 0 heterocycles. The van der Waals surface area contributed by atoms with Crippen LogP contribution in [0.15, 0.2) is 53.7 Å². The molecule has 0 bridgehead atoms. The fraction of sp³-hybridized carbons (Fsp3) is 0.176. The van der Waals surface area contributed by atoms with Gasteiger partial charge in [0.25, 0.3) is 0 Å². The maximum atomic E-state index is 11.8. The fourth-order valence-electron chi connectivity index (χ4n) is 1.70. The predicted molar refractivity (Wildman–Crippen MR) is 80.0 cm³/mol. The van der Waals surface area contributed by atoms with Gasteiger partial charge in [0.15, 0.2) is 0 Å². The van der Waals surface area contributed by atoms with Gasteiger partial charge in [-0.3, -0.25) is 0 Å². The minimum absolute atomic E-state index is 0.448. The van der Waals surface area contributed by atoms with Gasteiger partial charge in [-0.15, -0.1) is 0 Å². The van der Waals surface area contributed by atoms with E-state index in [4.69, 9.17) is 4.84 Å². The summed E-state index contributed by atoms with van der Waals surface area (Å²) in [5.41, 5.74) is 4.38. The van der Waals surface area contributed by atoms with Crippen LogP contribution in [0.2, 0.25) is 0 Å². The minimum Gasteiger partial charge on any atom is -0.313 e. The van der Waals surface area contributed by atoms with Crippen molar-refractivity contribution in [1.82, 2.24) is 0 Å². The summed E-state index contributed by atoms with van der Waals surface area (Å²) in [4.78, 5) is 16.8. The van der Waals surface area contributed by atoms with Crippen LogP contribution in [0.5, 0.6) is 0 Å². The number of carbonyl (C=O) groups excluding carboxylic acids is 1. The zero-order valence-corrected chi connectivity index (χ0v) is 11.9. The van der Waals surface area contributed by atoms with Crippen LogP contribution in [0, 0.1) is 13.8 Å². The van der Waals surface area contributed by atoms with Gasteiger partial charge in [0.05, 0.1) is 11.3 Å². The third kappa shape index (κ3) is 3.54. The second-order valence-electron chi connectivity index (χ2n) is 4.79. The van der Waals surface area contributed by atoms with E-state index >= 15 is 0 Å². The summed E-state index contributed by atoms with van der Waals surface area (Å²) < 4.78 is 0. The molecule has 102 valence electrons. The monoisotopic (exact) mass is 267 g/mol. The second kappa shape index (κ2) is 6.15. The number of nitrogens with zero attached hydrogens (tertiary/aromatic N) is 1. The number of oxime groups is 1. The van der Waals surface area contributed by atoms with E-state index in [0.29, 0.717) is 11.3 Å². The molecule has 0 saturated carbocycles. The molecule has 0 N–H and O–H groups in total. The molecule has 20 heavy (non-hydrogen) atoms. The van der Waals surface area contributed by atoms with Crippen molar-refractivity contribution in [3.05, 3.63) is 70.8 Å². The van der Waals surface area contributed by atoms with E-state index < -0.39 is 5.97 Å². The molecule has 0 amide bonds. The Bertz CT molecular complexity index is 625. The Labute approximate surface area is 118 Å². The Morgan fingerprint density at radius 3 is 1.80 bits per heavy atom. The highest BCUT2D eigenvalue weighted by Crippen LogP contribution is 2.07. The molecule has 0 radical (unpaired) electrons. The second-order valence-corrected chi connectivity index (χ2v) is 4.79. The van der Waals surface area contributed by atoms with Crippen molar-refractivity contribution >= 4 is 11.7 Å². The molecule has 0 aliphatic rings. The highest BCUT2D eigenvalue weighted by atomic mass is 16.7. The Morgan fingerprint density at radius 2 is 1.30 bits per heavy atom. The van der Waals surface area contributed by atoms with E-state index in [1.165, 1.54) is 5.56 Å². The molecule has 0 saturated heterocycles. The predicted octanol–water partition coefficient (Wildman–Crippen LogP) is 3.88. The number of aryl methyl sites for hydroxylation is 2. The maximum Gasteiger partial charge on any atom is 0.365 e. The molecule has 0 atom stereocenters. The molecule has 3 heteroatoms. The molecule has 0 spiro atoms. The summed E-state index contributed by atoms with van der Waals surface area (Å²) in [7, 11) is 0. The van der Waals surface area contributed by atoms with E-state index in [2.05, 4.69) is 5.16 Å². The van der Waals surface area contributed by atoms with Gasteiger partial charge in [0.1, 0.15) is 0 Å². The van der Waals surface area contributed by atoms with Crippen LogP contribution in [0.3, 0.4) is 0 Å². The average Bonchev–Trinajstić information content (AvgIpc) is 2.46. The van der Waals surface area contributed by atoms with Gasteiger partial charge < -0.3 is 4.84 Å². The van der Waals surface area contributed by atoms with E-state index in [-0.39, 0.29) is 0 Å². The zero-order chi connectivity index (χ0) is 14.5. The SMILES string of the molecule is CC(=NOC(=O)c1ccc(C)cc1)c1ccc(C)cc1. The molecular weight excluding hydrogens is 250 g/mol. The summed E-state index contributed by atoms with van der Waals surface area (Å²) in [6.07, 6.45) is 0. The minimum atomic E-state index is -0.448. The van der Waals surface area contributed by atoms with Gasteiger partial charge >= 0.3 is 5.97 Å². The normalized spacial score (nSPS) is 11.2. The van der Waals surface area contributed by atoms with Crippen LogP contribution in [0.4, 0.5) is 0 Å². The first kappa shape index (κ1) is 14.0. The highest BCUT2D eigenvalue weighted by Gasteiger charge is 2.07. The molecule has 2 aromatic rings. The largest absolute Gasteiger partial charge is 0.365 e. The summed E-state index contributed by atoms with van der Waals surface area (Å²) in [6, 6.07) is 15.1. The van der Waals surface area contributed by atoms with Crippen molar-refractivity contribution < 1.29 is 9.63 Å². The Kier molecular flexibility index (Phi) is 4.31. The molecule has 2 rings (SSSR count). The molecule has 0 aliphatic carbocycles. The van der Waals surface area contributed by atoms with E-state index in [1.54, 1.807) is 12.1 Å². The quantitative estimate of drug-likeness (QED) is 0.481. The van der Waals surface area contributed by atoms with Crippen LogP contribution in [-0.2, 0) is 4.84 Å². The molecule has 2 aromatic carbocycles. The van der Waals surface area contributed by atoms with E-state index in [9.17, 15) is 4.79 Å². The van der Waals surface area contributed by atoms with Gasteiger partial charge in [-0.2, -0.15) is 0 Å². The standard InChI is InChI=1S/C17H17NO2/c1-12-4-8-15(9-5-12)14(3)18-20-17(19)16-10-6-13(2)7-11-16/h4-11H,1-3H3. The first-order valence-corrected chi connectivity index (χ1v) is 6.46. The van der Waals surface area contributed by atoms with Gasteiger partial charge in [-0.25, -0.2) is 4.79 Å². The van der Waals surface area contributed by atoms with Gasteiger partial charge in [-0.05, 0) is 38.5 Å². The van der Waals surface area contributed by atoms with Gasteiger partial charge in [0.2, 0.25) is 0 Å². The number of hydrogen-bond donors (Lipinski definition) is 0. The topological polar surface area (TPSA) is 38.7 Å². The van der Waals surface area contributed by atoms with Crippen molar-refractivity contribution in [3.63, 3.8) is 0 Å². The summed E-state index contributed by atoms with van der Waals surface area (Å²) in [5, 5.41) is 3.89. The number of carbonyl (C=O) groups is 1. The number of benzene rings is 2. The van der Waals surface area contributed by atoms with Crippen LogP contribution in [-0.4, -0.2) is 11.7 Å². The van der Waals surface area contributed by atoms with Crippen LogP contribution in [0.1, 0.15) is 34.0 Å². The molecule has 3 nitrogen and oxygen atoms in total. The van der Waals surface area contributed by atoms with Gasteiger partial charge in [0, 0.05) is 0 Å². The third-order valence-electron chi connectivity index (χ3n) is 3.02. The Balaban J connectivity index is 2.06. The average molecular weight is 267 g/mol. The van der Waals surface area contributed by atoms with E-state index in [0.717, 1.165) is 11.1 Å². The van der Waals surface area contributed by atoms with Crippen molar-refractivity contribution in [3.8, 4) is 0 Å². The summed E-state index contributed by atoms with van der Waals surface area (Å²) in [6.45, 7) is 5.80. The first-order chi connectivity index (χ1) is 9.56. The summed E-state index contributed by atoms with van der Waals surface area (Å²) >= 11 is 0.